The molecule has 0 aromatic rings. The van der Waals surface area contributed by atoms with Crippen LogP contribution in [0.4, 0.5) is 0 Å². The van der Waals surface area contributed by atoms with Crippen molar-refractivity contribution < 1.29 is 4.79 Å². The fourth-order valence-corrected chi connectivity index (χ4v) is 2.38. The van der Waals surface area contributed by atoms with E-state index in [4.69, 9.17) is 0 Å². The molecule has 1 unspecified atom stereocenters. The SMILES string of the molecule is CCCN(CCC)C(C)C(=O)N1CCNCC1. The van der Waals surface area contributed by atoms with Crippen molar-refractivity contribution in [3.63, 3.8) is 0 Å². The smallest absolute Gasteiger partial charge is 0.239 e. The molecule has 1 aliphatic rings. The Morgan fingerprint density at radius 2 is 1.76 bits per heavy atom. The first-order chi connectivity index (χ1) is 8.20. The van der Waals surface area contributed by atoms with Crippen LogP contribution >= 0.6 is 0 Å². The highest BCUT2D eigenvalue weighted by Crippen LogP contribution is 2.07. The zero-order chi connectivity index (χ0) is 12.7. The lowest BCUT2D eigenvalue weighted by Gasteiger charge is -2.34. The Balaban J connectivity index is 2.51. The lowest BCUT2D eigenvalue weighted by molar-refractivity contribution is -0.137. The monoisotopic (exact) mass is 241 g/mol. The van der Waals surface area contributed by atoms with Gasteiger partial charge in [0.15, 0.2) is 0 Å². The van der Waals surface area contributed by atoms with E-state index in [1.165, 1.54) is 0 Å². The summed E-state index contributed by atoms with van der Waals surface area (Å²) in [4.78, 5) is 16.7. The van der Waals surface area contributed by atoms with Crippen LogP contribution < -0.4 is 5.32 Å². The zero-order valence-electron chi connectivity index (χ0n) is 11.5. The van der Waals surface area contributed by atoms with Gasteiger partial charge in [0.05, 0.1) is 6.04 Å². The number of carbonyl (C=O) groups is 1. The van der Waals surface area contributed by atoms with Crippen molar-refractivity contribution in [2.24, 2.45) is 0 Å². The topological polar surface area (TPSA) is 35.6 Å². The Morgan fingerprint density at radius 1 is 1.24 bits per heavy atom. The number of carbonyl (C=O) groups excluding carboxylic acids is 1. The molecule has 1 aliphatic heterocycles. The summed E-state index contributed by atoms with van der Waals surface area (Å²) < 4.78 is 0. The van der Waals surface area contributed by atoms with Gasteiger partial charge in [0.25, 0.3) is 0 Å². The highest BCUT2D eigenvalue weighted by molar-refractivity contribution is 5.81. The second-order valence-corrected chi connectivity index (χ2v) is 4.79. The zero-order valence-corrected chi connectivity index (χ0v) is 11.5. The van der Waals surface area contributed by atoms with Gasteiger partial charge in [0.2, 0.25) is 5.91 Å². The Morgan fingerprint density at radius 3 is 2.24 bits per heavy atom. The molecule has 0 aromatic heterocycles. The molecule has 0 saturated carbocycles. The molecule has 1 atom stereocenters. The van der Waals surface area contributed by atoms with E-state index in [1.54, 1.807) is 0 Å². The number of nitrogens with one attached hydrogen (secondary N) is 1. The molecule has 1 rings (SSSR count). The van der Waals surface area contributed by atoms with Crippen LogP contribution in [0.1, 0.15) is 33.6 Å². The highest BCUT2D eigenvalue weighted by Gasteiger charge is 2.25. The summed E-state index contributed by atoms with van der Waals surface area (Å²) >= 11 is 0. The quantitative estimate of drug-likeness (QED) is 0.751. The second kappa shape index (κ2) is 7.67. The standard InChI is InChI=1S/C13H27N3O/c1-4-8-15(9-5-2)12(3)13(17)16-10-6-14-7-11-16/h12,14H,4-11H2,1-3H3. The molecule has 100 valence electrons. The van der Waals surface area contributed by atoms with Crippen LogP contribution in [-0.4, -0.2) is 61.0 Å². The van der Waals surface area contributed by atoms with E-state index < -0.39 is 0 Å². The summed E-state index contributed by atoms with van der Waals surface area (Å²) in [7, 11) is 0. The van der Waals surface area contributed by atoms with Crippen LogP contribution in [0.5, 0.6) is 0 Å². The van der Waals surface area contributed by atoms with Gasteiger partial charge in [0, 0.05) is 26.2 Å². The summed E-state index contributed by atoms with van der Waals surface area (Å²) in [5.41, 5.74) is 0. The molecule has 0 radical (unpaired) electrons. The highest BCUT2D eigenvalue weighted by atomic mass is 16.2. The molecule has 17 heavy (non-hydrogen) atoms. The van der Waals surface area contributed by atoms with Crippen LogP contribution in [0.25, 0.3) is 0 Å². The van der Waals surface area contributed by atoms with Gasteiger partial charge < -0.3 is 10.2 Å². The molecule has 4 nitrogen and oxygen atoms in total. The van der Waals surface area contributed by atoms with Gasteiger partial charge in [-0.3, -0.25) is 9.69 Å². The molecule has 0 aromatic carbocycles. The molecule has 0 aliphatic carbocycles. The molecular weight excluding hydrogens is 214 g/mol. The van der Waals surface area contributed by atoms with E-state index in [9.17, 15) is 4.79 Å². The molecular formula is C13H27N3O. The van der Waals surface area contributed by atoms with Crippen molar-refractivity contribution in [2.45, 2.75) is 39.7 Å². The maximum Gasteiger partial charge on any atom is 0.239 e. The van der Waals surface area contributed by atoms with Crippen molar-refractivity contribution in [3.8, 4) is 0 Å². The third kappa shape index (κ3) is 4.28. The van der Waals surface area contributed by atoms with Crippen molar-refractivity contribution >= 4 is 5.91 Å². The molecule has 0 bridgehead atoms. The summed E-state index contributed by atoms with van der Waals surface area (Å²) in [5.74, 6) is 0.299. The van der Waals surface area contributed by atoms with Crippen LogP contribution in [0, 0.1) is 0 Å². The van der Waals surface area contributed by atoms with Crippen LogP contribution in [0.3, 0.4) is 0 Å². The Labute approximate surface area is 105 Å². The summed E-state index contributed by atoms with van der Waals surface area (Å²) in [5, 5.41) is 3.28. The van der Waals surface area contributed by atoms with Crippen molar-refractivity contribution in [3.05, 3.63) is 0 Å². The molecule has 1 amide bonds. The van der Waals surface area contributed by atoms with E-state index in [0.717, 1.165) is 52.1 Å². The number of hydrogen-bond acceptors (Lipinski definition) is 3. The average molecular weight is 241 g/mol. The fraction of sp³-hybridized carbons (Fsp3) is 0.923. The van der Waals surface area contributed by atoms with Gasteiger partial charge in [-0.25, -0.2) is 0 Å². The van der Waals surface area contributed by atoms with Crippen LogP contribution in [0.2, 0.25) is 0 Å². The van der Waals surface area contributed by atoms with Gasteiger partial charge >= 0.3 is 0 Å². The predicted molar refractivity (Wildman–Crippen MR) is 71.1 cm³/mol. The Bertz CT molecular complexity index is 221. The van der Waals surface area contributed by atoms with E-state index in [2.05, 4.69) is 31.0 Å². The Kier molecular flexibility index (Phi) is 6.52. The van der Waals surface area contributed by atoms with Gasteiger partial charge in [-0.1, -0.05) is 13.8 Å². The molecule has 1 fully saturated rings. The van der Waals surface area contributed by atoms with E-state index >= 15 is 0 Å². The maximum absolute atomic E-state index is 12.3. The fourth-order valence-electron chi connectivity index (χ4n) is 2.38. The Hall–Kier alpha value is -0.610. The third-order valence-corrected chi connectivity index (χ3v) is 3.36. The molecule has 1 saturated heterocycles. The van der Waals surface area contributed by atoms with Crippen LogP contribution in [-0.2, 0) is 4.79 Å². The number of nitrogens with zero attached hydrogens (tertiary/aromatic N) is 2. The minimum atomic E-state index is 0.0352. The van der Waals surface area contributed by atoms with Gasteiger partial charge in [-0.2, -0.15) is 0 Å². The summed E-state index contributed by atoms with van der Waals surface area (Å²) in [6.07, 6.45) is 2.22. The number of amides is 1. The van der Waals surface area contributed by atoms with Crippen molar-refractivity contribution in [1.29, 1.82) is 0 Å². The minimum absolute atomic E-state index is 0.0352. The van der Waals surface area contributed by atoms with Gasteiger partial charge in [-0.15, -0.1) is 0 Å². The normalized spacial score (nSPS) is 18.5. The lowest BCUT2D eigenvalue weighted by Crippen LogP contribution is -2.53. The van der Waals surface area contributed by atoms with Gasteiger partial charge in [-0.05, 0) is 32.9 Å². The minimum Gasteiger partial charge on any atom is -0.339 e. The average Bonchev–Trinajstić information content (AvgIpc) is 2.38. The first-order valence-corrected chi connectivity index (χ1v) is 6.94. The number of hydrogen-bond donors (Lipinski definition) is 1. The van der Waals surface area contributed by atoms with Gasteiger partial charge in [0.1, 0.15) is 0 Å². The maximum atomic E-state index is 12.3. The van der Waals surface area contributed by atoms with E-state index in [0.29, 0.717) is 5.91 Å². The lowest BCUT2D eigenvalue weighted by atomic mass is 10.2. The largest absolute Gasteiger partial charge is 0.339 e. The van der Waals surface area contributed by atoms with Crippen molar-refractivity contribution in [2.75, 3.05) is 39.3 Å². The molecule has 4 heteroatoms. The third-order valence-electron chi connectivity index (χ3n) is 3.36. The van der Waals surface area contributed by atoms with E-state index in [-0.39, 0.29) is 6.04 Å². The summed E-state index contributed by atoms with van der Waals surface area (Å²) in [6.45, 7) is 12.0. The molecule has 1 heterocycles. The first-order valence-electron chi connectivity index (χ1n) is 6.94. The van der Waals surface area contributed by atoms with E-state index in [1.807, 2.05) is 4.90 Å². The number of rotatable bonds is 6. The summed E-state index contributed by atoms with van der Waals surface area (Å²) in [6, 6.07) is 0.0352. The molecule has 1 N–H and O–H groups in total. The number of piperazine rings is 1. The first kappa shape index (κ1) is 14.5. The van der Waals surface area contributed by atoms with Crippen molar-refractivity contribution in [1.82, 2.24) is 15.1 Å². The molecule has 0 spiro atoms. The van der Waals surface area contributed by atoms with Crippen LogP contribution in [0.15, 0.2) is 0 Å². The second-order valence-electron chi connectivity index (χ2n) is 4.79. The predicted octanol–water partition coefficient (Wildman–Crippen LogP) is 0.929.